The van der Waals surface area contributed by atoms with E-state index in [1.807, 2.05) is 20.8 Å². The molecule has 2 aromatic rings. The Morgan fingerprint density at radius 2 is 1.86 bits per heavy atom. The largest absolute Gasteiger partial charge is 0.369 e. The number of carbonyl (C=O) groups excluding carboxylic acids is 3. The van der Waals surface area contributed by atoms with E-state index < -0.39 is 0 Å². The summed E-state index contributed by atoms with van der Waals surface area (Å²) < 4.78 is 0. The minimum Gasteiger partial charge on any atom is -0.369 e. The molecule has 0 spiro atoms. The Kier molecular flexibility index (Phi) is 6.32. The summed E-state index contributed by atoms with van der Waals surface area (Å²) in [6.07, 6.45) is 1.13. The van der Waals surface area contributed by atoms with Crippen LogP contribution < -0.4 is 11.1 Å². The standard InChI is InChI=1S/C21H26N4O3S/c1-12(2)20-23-13(3)17(29-20)19(27)24-16-7-5-4-6-15(16)21(28)25-10-8-14(9-11-25)18(22)26/h4-7,12,14H,8-11H2,1-3H3,(H2,22,26)(H,24,27). The van der Waals surface area contributed by atoms with E-state index in [4.69, 9.17) is 5.73 Å². The van der Waals surface area contributed by atoms with Crippen LogP contribution in [0.15, 0.2) is 24.3 Å². The third-order valence-electron chi connectivity index (χ3n) is 5.10. The maximum absolute atomic E-state index is 13.0. The van der Waals surface area contributed by atoms with Crippen molar-refractivity contribution in [3.8, 4) is 0 Å². The van der Waals surface area contributed by atoms with Crippen LogP contribution >= 0.6 is 11.3 Å². The van der Waals surface area contributed by atoms with Crippen LogP contribution in [-0.2, 0) is 4.79 Å². The van der Waals surface area contributed by atoms with Crippen molar-refractivity contribution in [1.29, 1.82) is 0 Å². The van der Waals surface area contributed by atoms with Crippen molar-refractivity contribution >= 4 is 34.7 Å². The number of nitrogens with two attached hydrogens (primary N) is 1. The molecule has 0 bridgehead atoms. The van der Waals surface area contributed by atoms with Crippen LogP contribution in [0.5, 0.6) is 0 Å². The summed E-state index contributed by atoms with van der Waals surface area (Å²) in [5.41, 5.74) is 6.97. The molecule has 1 aliphatic rings. The maximum atomic E-state index is 13.0. The number of piperidine rings is 1. The lowest BCUT2D eigenvalue weighted by Gasteiger charge is -2.31. The number of nitrogens with zero attached hydrogens (tertiary/aromatic N) is 2. The first-order valence-corrected chi connectivity index (χ1v) is 10.6. The number of likely N-dealkylation sites (tertiary alicyclic amines) is 1. The predicted octanol–water partition coefficient (Wildman–Crippen LogP) is 3.16. The Bertz CT molecular complexity index is 930. The topological polar surface area (TPSA) is 105 Å². The van der Waals surface area contributed by atoms with Gasteiger partial charge in [0.05, 0.1) is 22.0 Å². The fraction of sp³-hybridized carbons (Fsp3) is 0.429. The number of para-hydroxylation sites is 1. The molecule has 0 unspecified atom stereocenters. The van der Waals surface area contributed by atoms with Gasteiger partial charge in [0, 0.05) is 24.9 Å². The Hall–Kier alpha value is -2.74. The van der Waals surface area contributed by atoms with Crippen LogP contribution in [0.1, 0.15) is 63.3 Å². The number of aryl methyl sites for hydroxylation is 1. The summed E-state index contributed by atoms with van der Waals surface area (Å²) in [7, 11) is 0. The molecule has 0 radical (unpaired) electrons. The lowest BCUT2D eigenvalue weighted by molar-refractivity contribution is -0.123. The van der Waals surface area contributed by atoms with Gasteiger partial charge in [-0.15, -0.1) is 11.3 Å². The van der Waals surface area contributed by atoms with Gasteiger partial charge in [0.15, 0.2) is 0 Å². The molecule has 3 N–H and O–H groups in total. The van der Waals surface area contributed by atoms with Crippen LogP contribution in [0.4, 0.5) is 5.69 Å². The second-order valence-electron chi connectivity index (χ2n) is 7.59. The summed E-state index contributed by atoms with van der Waals surface area (Å²) in [5.74, 6) is -0.673. The average molecular weight is 415 g/mol. The number of hydrogen-bond donors (Lipinski definition) is 2. The smallest absolute Gasteiger partial charge is 0.267 e. The maximum Gasteiger partial charge on any atom is 0.267 e. The van der Waals surface area contributed by atoms with Gasteiger partial charge in [0.2, 0.25) is 5.91 Å². The number of primary amides is 1. The van der Waals surface area contributed by atoms with E-state index in [9.17, 15) is 14.4 Å². The Balaban J connectivity index is 1.76. The molecule has 2 heterocycles. The molecule has 29 heavy (non-hydrogen) atoms. The normalized spacial score (nSPS) is 14.8. The molecule has 154 valence electrons. The van der Waals surface area contributed by atoms with E-state index >= 15 is 0 Å². The highest BCUT2D eigenvalue weighted by Crippen LogP contribution is 2.27. The van der Waals surface area contributed by atoms with Gasteiger partial charge in [-0.3, -0.25) is 14.4 Å². The molecule has 3 amide bonds. The Morgan fingerprint density at radius 1 is 1.21 bits per heavy atom. The number of thiazole rings is 1. The van der Waals surface area contributed by atoms with E-state index in [0.717, 1.165) is 5.01 Å². The minimum absolute atomic E-state index is 0.160. The van der Waals surface area contributed by atoms with Crippen LogP contribution in [0.3, 0.4) is 0 Å². The van der Waals surface area contributed by atoms with Crippen molar-refractivity contribution in [3.63, 3.8) is 0 Å². The van der Waals surface area contributed by atoms with Crippen LogP contribution in [0.25, 0.3) is 0 Å². The number of aromatic nitrogens is 1. The molecule has 0 aliphatic carbocycles. The Labute approximate surface area is 174 Å². The summed E-state index contributed by atoms with van der Waals surface area (Å²) in [5, 5.41) is 3.79. The van der Waals surface area contributed by atoms with E-state index in [1.54, 1.807) is 29.2 Å². The molecular formula is C21H26N4O3S. The fourth-order valence-corrected chi connectivity index (χ4v) is 4.33. The zero-order chi connectivity index (χ0) is 21.1. The Morgan fingerprint density at radius 3 is 2.45 bits per heavy atom. The number of amides is 3. The minimum atomic E-state index is -0.314. The van der Waals surface area contributed by atoms with E-state index in [-0.39, 0.29) is 29.6 Å². The molecule has 1 saturated heterocycles. The molecule has 1 fully saturated rings. The van der Waals surface area contributed by atoms with Crippen molar-refractivity contribution < 1.29 is 14.4 Å². The van der Waals surface area contributed by atoms with Crippen LogP contribution in [0, 0.1) is 12.8 Å². The zero-order valence-electron chi connectivity index (χ0n) is 16.9. The van der Waals surface area contributed by atoms with Gasteiger partial charge in [-0.05, 0) is 31.9 Å². The summed E-state index contributed by atoms with van der Waals surface area (Å²) >= 11 is 1.38. The molecule has 1 aromatic heterocycles. The first kappa shape index (κ1) is 21.0. The van der Waals surface area contributed by atoms with Crippen LogP contribution in [-0.4, -0.2) is 40.7 Å². The third-order valence-corrected chi connectivity index (χ3v) is 6.56. The van der Waals surface area contributed by atoms with Gasteiger partial charge in [-0.25, -0.2) is 4.98 Å². The summed E-state index contributed by atoms with van der Waals surface area (Å²) in [6, 6.07) is 6.98. The summed E-state index contributed by atoms with van der Waals surface area (Å²) in [6.45, 7) is 6.84. The second kappa shape index (κ2) is 8.73. The molecule has 0 saturated carbocycles. The SMILES string of the molecule is Cc1nc(C(C)C)sc1C(=O)Nc1ccccc1C(=O)N1CCC(C(N)=O)CC1. The first-order chi connectivity index (χ1) is 13.8. The highest BCUT2D eigenvalue weighted by atomic mass is 32.1. The third kappa shape index (κ3) is 4.64. The van der Waals surface area contributed by atoms with Crippen molar-refractivity contribution in [1.82, 2.24) is 9.88 Å². The summed E-state index contributed by atoms with van der Waals surface area (Å²) in [4.78, 5) is 43.9. The van der Waals surface area contributed by atoms with Gasteiger partial charge in [0.1, 0.15) is 4.88 Å². The van der Waals surface area contributed by atoms with Gasteiger partial charge >= 0.3 is 0 Å². The predicted molar refractivity (Wildman–Crippen MR) is 113 cm³/mol. The number of nitrogens with one attached hydrogen (secondary N) is 1. The lowest BCUT2D eigenvalue weighted by atomic mass is 9.95. The quantitative estimate of drug-likeness (QED) is 0.784. The number of hydrogen-bond acceptors (Lipinski definition) is 5. The molecule has 0 atom stereocenters. The van der Waals surface area contributed by atoms with Crippen molar-refractivity contribution in [2.45, 2.75) is 39.5 Å². The average Bonchev–Trinajstić information content (AvgIpc) is 3.10. The van der Waals surface area contributed by atoms with Crippen molar-refractivity contribution in [2.75, 3.05) is 18.4 Å². The highest BCUT2D eigenvalue weighted by Gasteiger charge is 2.28. The number of carbonyl (C=O) groups is 3. The van der Waals surface area contributed by atoms with Gasteiger partial charge in [-0.1, -0.05) is 26.0 Å². The molecule has 1 aliphatic heterocycles. The molecule has 8 heteroatoms. The molecule has 7 nitrogen and oxygen atoms in total. The van der Waals surface area contributed by atoms with E-state index in [0.29, 0.717) is 47.8 Å². The number of rotatable bonds is 5. The monoisotopic (exact) mass is 414 g/mol. The van der Waals surface area contributed by atoms with E-state index in [1.165, 1.54) is 11.3 Å². The first-order valence-electron chi connectivity index (χ1n) is 9.74. The molecule has 1 aromatic carbocycles. The van der Waals surface area contributed by atoms with Crippen molar-refractivity contribution in [3.05, 3.63) is 45.4 Å². The van der Waals surface area contributed by atoms with E-state index in [2.05, 4.69) is 10.3 Å². The molecule has 3 rings (SSSR count). The number of anilines is 1. The van der Waals surface area contributed by atoms with Gasteiger partial charge in [-0.2, -0.15) is 0 Å². The molecular weight excluding hydrogens is 388 g/mol. The van der Waals surface area contributed by atoms with Crippen molar-refractivity contribution in [2.24, 2.45) is 11.7 Å². The van der Waals surface area contributed by atoms with Gasteiger partial charge < -0.3 is 16.0 Å². The second-order valence-corrected chi connectivity index (χ2v) is 8.62. The fourth-order valence-electron chi connectivity index (χ4n) is 3.37. The highest BCUT2D eigenvalue weighted by molar-refractivity contribution is 7.14. The zero-order valence-corrected chi connectivity index (χ0v) is 17.7. The number of benzene rings is 1. The van der Waals surface area contributed by atoms with Gasteiger partial charge in [0.25, 0.3) is 11.8 Å². The lowest BCUT2D eigenvalue weighted by Crippen LogP contribution is -2.42. The van der Waals surface area contributed by atoms with Crippen LogP contribution in [0.2, 0.25) is 0 Å².